The van der Waals surface area contributed by atoms with Gasteiger partial charge in [-0.1, -0.05) is 0 Å². The van der Waals surface area contributed by atoms with E-state index in [1.165, 1.54) is 21.3 Å². The van der Waals surface area contributed by atoms with Gasteiger partial charge in [0, 0.05) is 37.2 Å². The van der Waals surface area contributed by atoms with Gasteiger partial charge in [0.25, 0.3) is 0 Å². The van der Waals surface area contributed by atoms with Crippen molar-refractivity contribution in [2.45, 2.75) is 56.1 Å². The Bertz CT molecular complexity index is 825. The number of carbonyl (C=O) groups is 2. The highest BCUT2D eigenvalue weighted by Crippen LogP contribution is 2.56. The van der Waals surface area contributed by atoms with Crippen molar-refractivity contribution >= 4 is 12.6 Å². The van der Waals surface area contributed by atoms with E-state index in [2.05, 4.69) is 0 Å². The molecule has 2 aliphatic heterocycles. The molecular weight excluding hydrogens is 380 g/mol. The Morgan fingerprint density at radius 1 is 1.03 bits per heavy atom. The predicted molar refractivity (Wildman–Crippen MR) is 100 cm³/mol. The van der Waals surface area contributed by atoms with E-state index in [1.54, 1.807) is 26.0 Å². The summed E-state index contributed by atoms with van der Waals surface area (Å²) in [5.74, 6) is -2.14. The maximum absolute atomic E-state index is 12.0. The van der Waals surface area contributed by atoms with Crippen LogP contribution in [0.2, 0.25) is 0 Å². The lowest BCUT2D eigenvalue weighted by Gasteiger charge is -2.55. The number of fused-ring (bicyclic) bond motifs is 5. The summed E-state index contributed by atoms with van der Waals surface area (Å²) in [5, 5.41) is 0. The fourth-order valence-corrected chi connectivity index (χ4v) is 4.81. The number of hydrogen-bond acceptors (Lipinski definition) is 8. The topological polar surface area (TPSA) is 89.5 Å². The number of ether oxygens (including phenoxy) is 6. The van der Waals surface area contributed by atoms with Gasteiger partial charge in [-0.2, -0.15) is 0 Å². The molecule has 1 aromatic rings. The molecule has 0 bridgehead atoms. The summed E-state index contributed by atoms with van der Waals surface area (Å²) in [6.07, 6.45) is 0.576. The summed E-state index contributed by atoms with van der Waals surface area (Å²) < 4.78 is 35.6. The van der Waals surface area contributed by atoms with Crippen LogP contribution >= 0.6 is 0 Å². The SMILES string of the molecule is COc1ccc(C=O)c2c1O[C@H]1[C@H]3O[C@](C)(OC)[C@@](C)(OC)O[C@@H]3C[C@H](C=O)[C@@H]21. The molecule has 8 heteroatoms. The average molecular weight is 406 g/mol. The average Bonchev–Trinajstić information content (AvgIpc) is 3.14. The summed E-state index contributed by atoms with van der Waals surface area (Å²) >= 11 is 0. The van der Waals surface area contributed by atoms with Gasteiger partial charge in [0.1, 0.15) is 24.8 Å². The summed E-state index contributed by atoms with van der Waals surface area (Å²) in [7, 11) is 4.58. The molecule has 0 unspecified atom stereocenters. The lowest BCUT2D eigenvalue weighted by Crippen LogP contribution is -2.69. The molecule has 8 nitrogen and oxygen atoms in total. The van der Waals surface area contributed by atoms with Gasteiger partial charge in [0.05, 0.1) is 13.2 Å². The van der Waals surface area contributed by atoms with Crippen molar-refractivity contribution in [1.82, 2.24) is 0 Å². The van der Waals surface area contributed by atoms with E-state index in [0.717, 1.165) is 12.6 Å². The second-order valence-corrected chi connectivity index (χ2v) is 7.90. The maximum atomic E-state index is 12.0. The highest BCUT2D eigenvalue weighted by atomic mass is 16.8. The first-order valence-corrected chi connectivity index (χ1v) is 9.60. The third-order valence-corrected chi connectivity index (χ3v) is 6.65. The van der Waals surface area contributed by atoms with Gasteiger partial charge >= 0.3 is 0 Å². The second kappa shape index (κ2) is 7.05. The molecule has 29 heavy (non-hydrogen) atoms. The molecule has 158 valence electrons. The Labute approximate surface area is 169 Å². The molecular formula is C21H26O8. The molecule has 7 atom stereocenters. The molecule has 0 aromatic heterocycles. The smallest absolute Gasteiger partial charge is 0.220 e. The Morgan fingerprint density at radius 3 is 2.31 bits per heavy atom. The lowest BCUT2D eigenvalue weighted by atomic mass is 9.71. The number of aldehydes is 2. The van der Waals surface area contributed by atoms with E-state index >= 15 is 0 Å². The summed E-state index contributed by atoms with van der Waals surface area (Å²) in [6, 6.07) is 3.37. The van der Waals surface area contributed by atoms with E-state index in [0.29, 0.717) is 29.0 Å². The minimum atomic E-state index is -1.20. The number of hydrogen-bond donors (Lipinski definition) is 0. The molecule has 4 rings (SSSR count). The van der Waals surface area contributed by atoms with Gasteiger partial charge in [0.15, 0.2) is 11.5 Å². The quantitative estimate of drug-likeness (QED) is 0.687. The summed E-state index contributed by atoms with van der Waals surface area (Å²) in [4.78, 5) is 23.7. The predicted octanol–water partition coefficient (Wildman–Crippen LogP) is 2.08. The van der Waals surface area contributed by atoms with Crippen molar-refractivity contribution in [2.24, 2.45) is 5.92 Å². The van der Waals surface area contributed by atoms with Gasteiger partial charge in [-0.15, -0.1) is 0 Å². The zero-order valence-corrected chi connectivity index (χ0v) is 17.2. The van der Waals surface area contributed by atoms with Crippen LogP contribution in [-0.2, 0) is 23.7 Å². The van der Waals surface area contributed by atoms with Crippen molar-refractivity contribution in [3.63, 3.8) is 0 Å². The molecule has 1 aromatic carbocycles. The number of benzene rings is 1. The third kappa shape index (κ3) is 2.73. The fourth-order valence-electron chi connectivity index (χ4n) is 4.81. The van der Waals surface area contributed by atoms with Crippen LogP contribution in [0.25, 0.3) is 0 Å². The van der Waals surface area contributed by atoms with E-state index in [9.17, 15) is 9.59 Å². The summed E-state index contributed by atoms with van der Waals surface area (Å²) in [6.45, 7) is 3.49. The highest BCUT2D eigenvalue weighted by Gasteiger charge is 2.63. The van der Waals surface area contributed by atoms with Crippen LogP contribution in [0.15, 0.2) is 12.1 Å². The Hall–Kier alpha value is -2.00. The van der Waals surface area contributed by atoms with Crippen LogP contribution < -0.4 is 9.47 Å². The van der Waals surface area contributed by atoms with Crippen LogP contribution in [0.3, 0.4) is 0 Å². The zero-order valence-electron chi connectivity index (χ0n) is 17.2. The number of rotatable bonds is 5. The lowest BCUT2D eigenvalue weighted by molar-refractivity contribution is -0.457. The molecule has 2 heterocycles. The Morgan fingerprint density at radius 2 is 1.72 bits per heavy atom. The zero-order chi connectivity index (χ0) is 21.0. The van der Waals surface area contributed by atoms with Crippen LogP contribution in [0.4, 0.5) is 0 Å². The Balaban J connectivity index is 1.80. The van der Waals surface area contributed by atoms with E-state index in [-0.39, 0.29) is 5.92 Å². The molecule has 1 saturated heterocycles. The van der Waals surface area contributed by atoms with E-state index in [1.807, 2.05) is 0 Å². The summed E-state index contributed by atoms with van der Waals surface area (Å²) in [5.41, 5.74) is 1.16. The third-order valence-electron chi connectivity index (χ3n) is 6.65. The monoisotopic (exact) mass is 406 g/mol. The Kier molecular flexibility index (Phi) is 4.93. The van der Waals surface area contributed by atoms with E-state index in [4.69, 9.17) is 28.4 Å². The minimum Gasteiger partial charge on any atom is -0.493 e. The van der Waals surface area contributed by atoms with Gasteiger partial charge in [-0.25, -0.2) is 0 Å². The van der Waals surface area contributed by atoms with Crippen molar-refractivity contribution < 1.29 is 38.0 Å². The number of methoxy groups -OCH3 is 3. The van der Waals surface area contributed by atoms with Crippen molar-refractivity contribution in [1.29, 1.82) is 0 Å². The molecule has 1 saturated carbocycles. The van der Waals surface area contributed by atoms with Crippen LogP contribution in [-0.4, -0.2) is 63.8 Å². The standard InChI is InChI=1S/C21H26O8/c1-20(25-4)21(2,26-5)29-18-14(28-20)8-12(10-23)16-15-11(9-22)6-7-13(24-3)17(15)27-19(16)18/h6-7,9-10,12,14,16,18-19H,8H2,1-5H3/t12-,14-,16+,18+,19-,20+,21+/m1/s1. The minimum absolute atomic E-state index is 0.351. The first-order chi connectivity index (χ1) is 13.9. The van der Waals surface area contributed by atoms with Crippen LogP contribution in [0.1, 0.15) is 42.1 Å². The molecule has 0 amide bonds. The molecule has 3 aliphatic rings. The van der Waals surface area contributed by atoms with Crippen molar-refractivity contribution in [2.75, 3.05) is 21.3 Å². The van der Waals surface area contributed by atoms with E-state index < -0.39 is 35.8 Å². The molecule has 1 aliphatic carbocycles. The van der Waals surface area contributed by atoms with Crippen LogP contribution in [0.5, 0.6) is 11.5 Å². The first kappa shape index (κ1) is 20.3. The molecule has 2 fully saturated rings. The van der Waals surface area contributed by atoms with Gasteiger partial charge in [0.2, 0.25) is 11.6 Å². The van der Waals surface area contributed by atoms with Crippen LogP contribution in [0, 0.1) is 5.92 Å². The second-order valence-electron chi connectivity index (χ2n) is 7.90. The highest BCUT2D eigenvalue weighted by molar-refractivity contribution is 5.82. The fraction of sp³-hybridized carbons (Fsp3) is 0.619. The van der Waals surface area contributed by atoms with Gasteiger partial charge < -0.3 is 33.2 Å². The molecule has 0 spiro atoms. The van der Waals surface area contributed by atoms with Gasteiger partial charge in [-0.05, 0) is 32.4 Å². The first-order valence-electron chi connectivity index (χ1n) is 9.60. The largest absolute Gasteiger partial charge is 0.493 e. The van der Waals surface area contributed by atoms with Crippen molar-refractivity contribution in [3.05, 3.63) is 23.3 Å². The molecule has 0 N–H and O–H groups in total. The maximum Gasteiger partial charge on any atom is 0.220 e. The molecule has 0 radical (unpaired) electrons. The number of carbonyl (C=O) groups excluding carboxylic acids is 2. The van der Waals surface area contributed by atoms with Gasteiger partial charge in [-0.3, -0.25) is 4.79 Å². The normalized spacial score (nSPS) is 40.2. The van der Waals surface area contributed by atoms with Crippen molar-refractivity contribution in [3.8, 4) is 11.5 Å².